The molecular weight excluding hydrogens is 336 g/mol. The predicted octanol–water partition coefficient (Wildman–Crippen LogP) is 2.13. The molecule has 0 unspecified atom stereocenters. The van der Waals surface area contributed by atoms with Crippen LogP contribution in [0.2, 0.25) is 0 Å². The van der Waals surface area contributed by atoms with Crippen molar-refractivity contribution in [2.45, 2.75) is 17.0 Å². The smallest absolute Gasteiger partial charge is 0.243 e. The lowest BCUT2D eigenvalue weighted by atomic mass is 10.0. The van der Waals surface area contributed by atoms with E-state index in [1.165, 1.54) is 5.56 Å². The quantitative estimate of drug-likeness (QED) is 0.843. The van der Waals surface area contributed by atoms with Gasteiger partial charge in [0, 0.05) is 25.7 Å². The lowest BCUT2D eigenvalue weighted by Crippen LogP contribution is -2.59. The van der Waals surface area contributed by atoms with Crippen LogP contribution in [0.5, 0.6) is 0 Å². The summed E-state index contributed by atoms with van der Waals surface area (Å²) in [5.41, 5.74) is 1.23. The Labute approximate surface area is 148 Å². The van der Waals surface area contributed by atoms with E-state index in [0.717, 1.165) is 6.54 Å². The first kappa shape index (κ1) is 16.7. The molecule has 2 saturated heterocycles. The Morgan fingerprint density at radius 1 is 0.880 bits per heavy atom. The van der Waals surface area contributed by atoms with Crippen LogP contribution in [0.15, 0.2) is 65.6 Å². The molecule has 0 amide bonds. The molecule has 25 heavy (non-hydrogen) atoms. The topological polar surface area (TPSA) is 49.9 Å². The third-order valence-electron chi connectivity index (χ3n) is 5.04. The van der Waals surface area contributed by atoms with Gasteiger partial charge in [0.1, 0.15) is 0 Å². The lowest BCUT2D eigenvalue weighted by Gasteiger charge is -2.47. The van der Waals surface area contributed by atoms with Crippen LogP contribution in [-0.2, 0) is 14.8 Å². The van der Waals surface area contributed by atoms with Crippen molar-refractivity contribution in [1.29, 1.82) is 0 Å². The maximum absolute atomic E-state index is 12.9. The molecule has 4 rings (SSSR count). The molecule has 2 aromatic carbocycles. The molecule has 2 aliphatic heterocycles. The van der Waals surface area contributed by atoms with Crippen molar-refractivity contribution in [3.63, 3.8) is 0 Å². The monoisotopic (exact) mass is 358 g/mol. The molecule has 0 N–H and O–H groups in total. The number of hydrogen-bond donors (Lipinski definition) is 0. The second kappa shape index (κ2) is 6.88. The summed E-state index contributed by atoms with van der Waals surface area (Å²) >= 11 is 0. The highest BCUT2D eigenvalue weighted by Crippen LogP contribution is 2.31. The number of hydrogen-bond acceptors (Lipinski definition) is 4. The Hall–Kier alpha value is -1.73. The first-order valence-electron chi connectivity index (χ1n) is 8.60. The zero-order chi connectivity index (χ0) is 17.3. The molecule has 2 fully saturated rings. The van der Waals surface area contributed by atoms with Gasteiger partial charge in [-0.3, -0.25) is 4.90 Å². The van der Waals surface area contributed by atoms with Gasteiger partial charge in [0.2, 0.25) is 10.0 Å². The summed E-state index contributed by atoms with van der Waals surface area (Å²) in [6.45, 7) is 2.94. The van der Waals surface area contributed by atoms with Crippen LogP contribution in [0.25, 0.3) is 0 Å². The highest BCUT2D eigenvalue weighted by molar-refractivity contribution is 7.89. The fraction of sp³-hybridized carbons (Fsp3) is 0.368. The van der Waals surface area contributed by atoms with Crippen LogP contribution in [-0.4, -0.2) is 56.5 Å². The molecule has 0 spiro atoms. The van der Waals surface area contributed by atoms with Crippen LogP contribution >= 0.6 is 0 Å². The van der Waals surface area contributed by atoms with Crippen LogP contribution in [0, 0.1) is 0 Å². The van der Waals surface area contributed by atoms with E-state index in [9.17, 15) is 8.42 Å². The molecule has 6 heteroatoms. The van der Waals surface area contributed by atoms with Gasteiger partial charge in [-0.25, -0.2) is 8.42 Å². The highest BCUT2D eigenvalue weighted by Gasteiger charge is 2.39. The average molecular weight is 358 g/mol. The van der Waals surface area contributed by atoms with Gasteiger partial charge in [-0.15, -0.1) is 0 Å². The molecule has 0 radical (unpaired) electrons. The fourth-order valence-electron chi connectivity index (χ4n) is 3.73. The van der Waals surface area contributed by atoms with E-state index in [4.69, 9.17) is 4.74 Å². The molecule has 5 nitrogen and oxygen atoms in total. The van der Waals surface area contributed by atoms with E-state index in [1.54, 1.807) is 28.6 Å². The number of piperazine rings is 1. The first-order valence-corrected chi connectivity index (χ1v) is 10.0. The number of ether oxygens (including phenoxy) is 1. The molecule has 2 aromatic rings. The van der Waals surface area contributed by atoms with Gasteiger partial charge < -0.3 is 4.74 Å². The Morgan fingerprint density at radius 3 is 2.28 bits per heavy atom. The summed E-state index contributed by atoms with van der Waals surface area (Å²) in [4.78, 5) is 2.76. The third kappa shape index (κ3) is 3.22. The Kier molecular flexibility index (Phi) is 4.60. The van der Waals surface area contributed by atoms with Gasteiger partial charge in [0.05, 0.1) is 24.2 Å². The number of sulfonamides is 1. The third-order valence-corrected chi connectivity index (χ3v) is 6.92. The molecule has 0 aromatic heterocycles. The normalized spacial score (nSPS) is 25.4. The van der Waals surface area contributed by atoms with Crippen molar-refractivity contribution < 1.29 is 13.2 Å². The van der Waals surface area contributed by atoms with E-state index in [0.29, 0.717) is 31.2 Å². The maximum Gasteiger partial charge on any atom is 0.243 e. The van der Waals surface area contributed by atoms with Crippen molar-refractivity contribution in [2.75, 3.05) is 32.8 Å². The lowest BCUT2D eigenvalue weighted by molar-refractivity contribution is -0.0709. The Bertz CT molecular complexity index is 811. The number of fused-ring (bicyclic) bond motifs is 1. The minimum absolute atomic E-state index is 0.0891. The zero-order valence-electron chi connectivity index (χ0n) is 14.0. The zero-order valence-corrected chi connectivity index (χ0v) is 14.8. The van der Waals surface area contributed by atoms with E-state index >= 15 is 0 Å². The maximum atomic E-state index is 12.9. The van der Waals surface area contributed by atoms with Crippen molar-refractivity contribution in [3.05, 3.63) is 66.2 Å². The van der Waals surface area contributed by atoms with E-state index < -0.39 is 10.0 Å². The van der Waals surface area contributed by atoms with Gasteiger partial charge >= 0.3 is 0 Å². The van der Waals surface area contributed by atoms with Crippen LogP contribution < -0.4 is 0 Å². The summed E-state index contributed by atoms with van der Waals surface area (Å²) < 4.78 is 33.2. The fourth-order valence-corrected chi connectivity index (χ4v) is 5.22. The minimum atomic E-state index is -3.44. The van der Waals surface area contributed by atoms with Gasteiger partial charge in [0.25, 0.3) is 0 Å². The molecule has 0 bridgehead atoms. The van der Waals surface area contributed by atoms with Crippen LogP contribution in [0.4, 0.5) is 0 Å². The van der Waals surface area contributed by atoms with Crippen LogP contribution in [0.1, 0.15) is 11.6 Å². The average Bonchev–Trinajstić information content (AvgIpc) is 2.68. The summed E-state index contributed by atoms with van der Waals surface area (Å²) in [6, 6.07) is 19.3. The molecular formula is C19H22N2O3S. The van der Waals surface area contributed by atoms with Crippen molar-refractivity contribution in [2.24, 2.45) is 0 Å². The minimum Gasteiger partial charge on any atom is -0.378 e. The summed E-state index contributed by atoms with van der Waals surface area (Å²) in [6.07, 6.45) is 0. The standard InChI is InChI=1S/C19H22N2O3S/c22-25(23,18-9-5-2-6-10-18)20-11-12-21-17(13-20)14-24-15-19(21)16-7-3-1-4-8-16/h1-10,17,19H,11-15H2/t17-,19-/m1/s1. The second-order valence-electron chi connectivity index (χ2n) is 6.53. The number of benzene rings is 2. The number of nitrogens with zero attached hydrogens (tertiary/aromatic N) is 2. The summed E-state index contributed by atoms with van der Waals surface area (Å²) in [5, 5.41) is 0. The number of rotatable bonds is 3. The van der Waals surface area contributed by atoms with E-state index in [1.807, 2.05) is 24.3 Å². The molecule has 2 aliphatic rings. The van der Waals surface area contributed by atoms with Crippen molar-refractivity contribution >= 4 is 10.0 Å². The van der Waals surface area contributed by atoms with Crippen molar-refractivity contribution in [3.8, 4) is 0 Å². The predicted molar refractivity (Wildman–Crippen MR) is 95.7 cm³/mol. The second-order valence-corrected chi connectivity index (χ2v) is 8.47. The van der Waals surface area contributed by atoms with E-state index in [2.05, 4.69) is 17.0 Å². The highest BCUT2D eigenvalue weighted by atomic mass is 32.2. The van der Waals surface area contributed by atoms with Gasteiger partial charge in [-0.2, -0.15) is 4.31 Å². The summed E-state index contributed by atoms with van der Waals surface area (Å²) in [7, 11) is -3.44. The Balaban J connectivity index is 1.54. The van der Waals surface area contributed by atoms with Crippen LogP contribution in [0.3, 0.4) is 0 Å². The van der Waals surface area contributed by atoms with Gasteiger partial charge in [0.15, 0.2) is 0 Å². The Morgan fingerprint density at radius 2 is 1.56 bits per heavy atom. The molecule has 2 atom stereocenters. The molecule has 0 saturated carbocycles. The molecule has 0 aliphatic carbocycles. The molecule has 2 heterocycles. The largest absolute Gasteiger partial charge is 0.378 e. The molecule has 132 valence electrons. The van der Waals surface area contributed by atoms with Gasteiger partial charge in [-0.05, 0) is 17.7 Å². The summed E-state index contributed by atoms with van der Waals surface area (Å²) in [5.74, 6) is 0. The van der Waals surface area contributed by atoms with E-state index in [-0.39, 0.29) is 12.1 Å². The first-order chi connectivity index (χ1) is 12.2. The SMILES string of the molecule is O=S(=O)(c1ccccc1)N1CCN2[C@@H](COC[C@@H]2c2ccccc2)C1. The van der Waals surface area contributed by atoms with Crippen molar-refractivity contribution in [1.82, 2.24) is 9.21 Å². The number of morpholine rings is 1. The van der Waals surface area contributed by atoms with Gasteiger partial charge in [-0.1, -0.05) is 48.5 Å².